The lowest BCUT2D eigenvalue weighted by Gasteiger charge is -2.16. The Bertz CT molecular complexity index is 1380. The van der Waals surface area contributed by atoms with E-state index in [2.05, 4.69) is 15.0 Å². The molecule has 1 saturated heterocycles. The van der Waals surface area contributed by atoms with Gasteiger partial charge < -0.3 is 28.8 Å². The number of para-hydroxylation sites is 2. The van der Waals surface area contributed by atoms with Gasteiger partial charge in [0, 0.05) is 18.2 Å². The van der Waals surface area contributed by atoms with Crippen LogP contribution in [-0.2, 0) is 11.3 Å². The molecular weight excluding hydrogens is 462 g/mol. The fraction of sp³-hybridized carbons (Fsp3) is 0.346. The van der Waals surface area contributed by atoms with E-state index in [1.165, 1.54) is 21.3 Å². The predicted octanol–water partition coefficient (Wildman–Crippen LogP) is 3.99. The number of carbonyl (C=O) groups excluding carboxylic acids is 1. The molecule has 1 unspecified atom stereocenters. The molecule has 36 heavy (non-hydrogen) atoms. The van der Waals surface area contributed by atoms with E-state index in [-0.39, 0.29) is 12.0 Å². The maximum atomic E-state index is 13.3. The minimum absolute atomic E-state index is 0.107. The summed E-state index contributed by atoms with van der Waals surface area (Å²) >= 11 is 0. The number of anilines is 1. The van der Waals surface area contributed by atoms with Crippen LogP contribution in [0.5, 0.6) is 17.2 Å². The maximum absolute atomic E-state index is 13.3. The van der Waals surface area contributed by atoms with Gasteiger partial charge in [0.25, 0.3) is 5.91 Å². The number of rotatable bonds is 8. The molecule has 0 spiro atoms. The van der Waals surface area contributed by atoms with Crippen molar-refractivity contribution in [3.05, 3.63) is 53.7 Å². The first kappa shape index (κ1) is 23.7. The van der Waals surface area contributed by atoms with E-state index in [1.54, 1.807) is 16.8 Å². The van der Waals surface area contributed by atoms with Gasteiger partial charge in [0.1, 0.15) is 5.82 Å². The second-order valence-corrected chi connectivity index (χ2v) is 8.60. The number of nitrogens with zero attached hydrogens (tertiary/aromatic N) is 4. The van der Waals surface area contributed by atoms with Gasteiger partial charge in [-0.25, -0.2) is 4.98 Å². The van der Waals surface area contributed by atoms with E-state index in [0.29, 0.717) is 41.1 Å². The van der Waals surface area contributed by atoms with Crippen LogP contribution >= 0.6 is 0 Å². The Kier molecular flexibility index (Phi) is 6.51. The van der Waals surface area contributed by atoms with E-state index < -0.39 is 0 Å². The maximum Gasteiger partial charge on any atom is 0.257 e. The lowest BCUT2D eigenvalue weighted by Crippen LogP contribution is -2.20. The molecule has 10 nitrogen and oxygen atoms in total. The van der Waals surface area contributed by atoms with E-state index >= 15 is 0 Å². The number of nitrogens with one attached hydrogen (secondary N) is 1. The Labute approximate surface area is 208 Å². The number of hydrogen-bond donors (Lipinski definition) is 1. The molecule has 5 rings (SSSR count). The number of amides is 1. The Balaban J connectivity index is 1.53. The Morgan fingerprint density at radius 3 is 2.53 bits per heavy atom. The molecule has 1 aliphatic rings. The summed E-state index contributed by atoms with van der Waals surface area (Å²) in [4.78, 5) is 18.2. The van der Waals surface area contributed by atoms with Crippen LogP contribution in [0.25, 0.3) is 17.0 Å². The van der Waals surface area contributed by atoms with Crippen molar-refractivity contribution in [2.45, 2.75) is 32.4 Å². The van der Waals surface area contributed by atoms with Crippen molar-refractivity contribution in [2.24, 2.45) is 0 Å². The molecule has 1 N–H and O–H groups in total. The van der Waals surface area contributed by atoms with Gasteiger partial charge >= 0.3 is 0 Å². The van der Waals surface area contributed by atoms with Crippen LogP contribution < -0.4 is 19.5 Å². The number of hydrogen-bond acceptors (Lipinski definition) is 7. The standard InChI is InChI=1S/C26H29N5O5/c1-16-12-23(28-25(32)17-13-21(33-2)24(35-4)22(14-17)34-3)31(29-16)26-27-19-9-5-6-10-20(19)30(26)15-18-8-7-11-36-18/h5-6,9-10,12-14,18H,7-8,11,15H2,1-4H3,(H,28,32). The number of methoxy groups -OCH3 is 3. The number of aryl methyl sites for hydroxylation is 1. The predicted molar refractivity (Wildman–Crippen MR) is 135 cm³/mol. The summed E-state index contributed by atoms with van der Waals surface area (Å²) in [6, 6.07) is 13.0. The first-order valence-electron chi connectivity index (χ1n) is 11.8. The van der Waals surface area contributed by atoms with Crippen molar-refractivity contribution in [3.8, 4) is 23.2 Å². The quantitative estimate of drug-likeness (QED) is 0.398. The molecule has 1 aliphatic heterocycles. The Morgan fingerprint density at radius 1 is 1.11 bits per heavy atom. The number of imidazole rings is 1. The van der Waals surface area contributed by atoms with Gasteiger partial charge in [-0.2, -0.15) is 9.78 Å². The zero-order chi connectivity index (χ0) is 25.2. The Hall–Kier alpha value is -4.05. The first-order valence-corrected chi connectivity index (χ1v) is 11.8. The molecule has 188 valence electrons. The summed E-state index contributed by atoms with van der Waals surface area (Å²) in [7, 11) is 4.54. The molecule has 2 aromatic carbocycles. The van der Waals surface area contributed by atoms with Crippen molar-refractivity contribution < 1.29 is 23.7 Å². The highest BCUT2D eigenvalue weighted by atomic mass is 16.5. The highest BCUT2D eigenvalue weighted by Crippen LogP contribution is 2.38. The minimum atomic E-state index is -0.350. The van der Waals surface area contributed by atoms with Crippen molar-refractivity contribution >= 4 is 22.8 Å². The van der Waals surface area contributed by atoms with Crippen molar-refractivity contribution in [1.82, 2.24) is 19.3 Å². The summed E-state index contributed by atoms with van der Waals surface area (Å²) in [6.45, 7) is 3.29. The highest BCUT2D eigenvalue weighted by molar-refractivity contribution is 6.04. The second kappa shape index (κ2) is 9.90. The van der Waals surface area contributed by atoms with Gasteiger partial charge in [-0.15, -0.1) is 0 Å². The summed E-state index contributed by atoms with van der Waals surface area (Å²) in [5.41, 5.74) is 2.92. The molecule has 2 aromatic heterocycles. The smallest absolute Gasteiger partial charge is 0.257 e. The van der Waals surface area contributed by atoms with E-state index in [9.17, 15) is 4.79 Å². The molecule has 0 radical (unpaired) electrons. The number of carbonyl (C=O) groups is 1. The van der Waals surface area contributed by atoms with Crippen LogP contribution in [0.2, 0.25) is 0 Å². The molecular formula is C26H29N5O5. The molecule has 0 aliphatic carbocycles. The van der Waals surface area contributed by atoms with E-state index in [4.69, 9.17) is 23.9 Å². The monoisotopic (exact) mass is 491 g/mol. The lowest BCUT2D eigenvalue weighted by atomic mass is 10.1. The van der Waals surface area contributed by atoms with Gasteiger partial charge in [0.05, 0.1) is 50.7 Å². The number of ether oxygens (including phenoxy) is 4. The molecule has 1 atom stereocenters. The Morgan fingerprint density at radius 2 is 1.86 bits per heavy atom. The molecule has 0 bridgehead atoms. The van der Waals surface area contributed by atoms with Crippen LogP contribution in [0.4, 0.5) is 5.82 Å². The zero-order valence-electron chi connectivity index (χ0n) is 20.8. The molecule has 4 aromatic rings. The van der Waals surface area contributed by atoms with Gasteiger partial charge in [-0.1, -0.05) is 12.1 Å². The van der Waals surface area contributed by atoms with Crippen molar-refractivity contribution in [1.29, 1.82) is 0 Å². The number of aromatic nitrogens is 4. The van der Waals surface area contributed by atoms with Crippen LogP contribution in [-0.4, -0.2) is 59.3 Å². The summed E-state index contributed by atoms with van der Waals surface area (Å²) < 4.78 is 25.8. The second-order valence-electron chi connectivity index (χ2n) is 8.60. The largest absolute Gasteiger partial charge is 0.493 e. The van der Waals surface area contributed by atoms with Crippen molar-refractivity contribution in [2.75, 3.05) is 33.3 Å². The van der Waals surface area contributed by atoms with Gasteiger partial charge in [-0.05, 0) is 44.0 Å². The zero-order valence-corrected chi connectivity index (χ0v) is 20.8. The lowest BCUT2D eigenvalue weighted by molar-refractivity contribution is 0.0976. The highest BCUT2D eigenvalue weighted by Gasteiger charge is 2.24. The van der Waals surface area contributed by atoms with Crippen LogP contribution in [0.1, 0.15) is 28.9 Å². The van der Waals surface area contributed by atoms with Crippen LogP contribution in [0.15, 0.2) is 42.5 Å². The molecule has 0 saturated carbocycles. The fourth-order valence-electron chi connectivity index (χ4n) is 4.54. The topological polar surface area (TPSA) is 102 Å². The number of fused-ring (bicyclic) bond motifs is 1. The van der Waals surface area contributed by atoms with Crippen LogP contribution in [0.3, 0.4) is 0 Å². The van der Waals surface area contributed by atoms with E-state index in [1.807, 2.05) is 37.3 Å². The fourth-order valence-corrected chi connectivity index (χ4v) is 4.54. The van der Waals surface area contributed by atoms with Crippen LogP contribution in [0, 0.1) is 6.92 Å². The molecule has 1 fully saturated rings. The van der Waals surface area contributed by atoms with E-state index in [0.717, 1.165) is 36.2 Å². The SMILES string of the molecule is COc1cc(C(=O)Nc2cc(C)nn2-c2nc3ccccc3n2CC2CCCO2)cc(OC)c1OC. The molecule has 10 heteroatoms. The molecule has 1 amide bonds. The average Bonchev–Trinajstić information content (AvgIpc) is 3.62. The average molecular weight is 492 g/mol. The van der Waals surface area contributed by atoms with Crippen molar-refractivity contribution in [3.63, 3.8) is 0 Å². The summed E-state index contributed by atoms with van der Waals surface area (Å²) in [6.07, 6.45) is 2.15. The van der Waals surface area contributed by atoms with Gasteiger partial charge in [0.15, 0.2) is 11.5 Å². The normalized spacial score (nSPS) is 15.3. The summed E-state index contributed by atoms with van der Waals surface area (Å²) in [5.74, 6) is 1.96. The summed E-state index contributed by atoms with van der Waals surface area (Å²) in [5, 5.41) is 7.64. The number of benzene rings is 2. The van der Waals surface area contributed by atoms with Gasteiger partial charge in [0.2, 0.25) is 11.7 Å². The third-order valence-electron chi connectivity index (χ3n) is 6.23. The first-order chi connectivity index (χ1) is 17.5. The third-order valence-corrected chi connectivity index (χ3v) is 6.23. The van der Waals surface area contributed by atoms with Gasteiger partial charge in [-0.3, -0.25) is 4.79 Å². The third kappa shape index (κ3) is 4.35. The minimum Gasteiger partial charge on any atom is -0.493 e. The molecule has 3 heterocycles.